The highest BCUT2D eigenvalue weighted by Crippen LogP contribution is 2.41. The lowest BCUT2D eigenvalue weighted by atomic mass is 9.79. The van der Waals surface area contributed by atoms with Gasteiger partial charge < -0.3 is 14.8 Å². The first-order chi connectivity index (χ1) is 9.24. The average Bonchev–Trinajstić information content (AvgIpc) is 3.02. The van der Waals surface area contributed by atoms with E-state index in [0.717, 1.165) is 39.1 Å². The van der Waals surface area contributed by atoms with Crippen LogP contribution < -0.4 is 5.32 Å². The van der Waals surface area contributed by atoms with Crippen LogP contribution in [0.5, 0.6) is 0 Å². The van der Waals surface area contributed by atoms with Crippen LogP contribution in [0.4, 0.5) is 0 Å². The quantitative estimate of drug-likeness (QED) is 0.924. The third kappa shape index (κ3) is 2.59. The van der Waals surface area contributed by atoms with Crippen molar-refractivity contribution in [3.05, 3.63) is 21.9 Å². The first-order valence-electron chi connectivity index (χ1n) is 7.16. The van der Waals surface area contributed by atoms with Gasteiger partial charge in [-0.05, 0) is 54.6 Å². The van der Waals surface area contributed by atoms with Gasteiger partial charge in [0.25, 0.3) is 0 Å². The van der Waals surface area contributed by atoms with E-state index >= 15 is 0 Å². The maximum Gasteiger partial charge on any atom is 0.0940 e. The van der Waals surface area contributed by atoms with E-state index in [2.05, 4.69) is 30.0 Å². The van der Waals surface area contributed by atoms with Gasteiger partial charge in [-0.25, -0.2) is 0 Å². The summed E-state index contributed by atoms with van der Waals surface area (Å²) in [6, 6.07) is 0.452. The van der Waals surface area contributed by atoms with Crippen LogP contribution in [0.15, 0.2) is 10.8 Å². The topological polar surface area (TPSA) is 30.5 Å². The van der Waals surface area contributed by atoms with Gasteiger partial charge in [0.2, 0.25) is 0 Å². The molecule has 0 saturated carbocycles. The summed E-state index contributed by atoms with van der Waals surface area (Å²) in [6.45, 7) is 4.72. The summed E-state index contributed by atoms with van der Waals surface area (Å²) in [7, 11) is 2.08. The largest absolute Gasteiger partial charge is 0.378 e. The molecule has 1 aromatic heterocycles. The Balaban J connectivity index is 1.78. The maximum atomic E-state index is 6.05. The molecule has 3 unspecified atom stereocenters. The van der Waals surface area contributed by atoms with Crippen molar-refractivity contribution in [1.29, 1.82) is 0 Å². The second-order valence-corrected chi connectivity index (χ2v) is 6.61. The molecule has 0 aromatic carbocycles. The number of hydrogen-bond donors (Lipinski definition) is 1. The first kappa shape index (κ1) is 13.6. The standard InChI is InChI=1S/C15H23NO2S/c1-11-8-19-9-13(11)14(16-2)12-3-5-18-15(7-12)4-6-17-10-15/h8-9,12,14,16H,3-7,10H2,1-2H3. The summed E-state index contributed by atoms with van der Waals surface area (Å²) in [5, 5.41) is 8.07. The van der Waals surface area contributed by atoms with Crippen molar-refractivity contribution in [2.24, 2.45) is 5.92 Å². The molecule has 2 fully saturated rings. The van der Waals surface area contributed by atoms with E-state index in [1.807, 2.05) is 0 Å². The van der Waals surface area contributed by atoms with Gasteiger partial charge in [0.1, 0.15) is 0 Å². The molecule has 106 valence electrons. The first-order valence-corrected chi connectivity index (χ1v) is 8.10. The van der Waals surface area contributed by atoms with E-state index in [1.54, 1.807) is 11.3 Å². The molecule has 0 radical (unpaired) electrons. The van der Waals surface area contributed by atoms with E-state index in [4.69, 9.17) is 9.47 Å². The van der Waals surface area contributed by atoms with Crippen molar-refractivity contribution < 1.29 is 9.47 Å². The zero-order valence-corrected chi connectivity index (χ0v) is 12.6. The Hall–Kier alpha value is -0.420. The molecule has 0 bridgehead atoms. The fourth-order valence-electron chi connectivity index (χ4n) is 3.55. The summed E-state index contributed by atoms with van der Waals surface area (Å²) in [5.41, 5.74) is 2.88. The third-order valence-corrected chi connectivity index (χ3v) is 5.49. The number of rotatable bonds is 3. The number of aryl methyl sites for hydroxylation is 1. The maximum absolute atomic E-state index is 6.05. The summed E-state index contributed by atoms with van der Waals surface area (Å²) >= 11 is 1.80. The van der Waals surface area contributed by atoms with Gasteiger partial charge in [0.05, 0.1) is 12.2 Å². The van der Waals surface area contributed by atoms with Gasteiger partial charge >= 0.3 is 0 Å². The summed E-state index contributed by atoms with van der Waals surface area (Å²) < 4.78 is 11.6. The van der Waals surface area contributed by atoms with Crippen molar-refractivity contribution in [1.82, 2.24) is 5.32 Å². The lowest BCUT2D eigenvalue weighted by molar-refractivity contribution is -0.103. The monoisotopic (exact) mass is 281 g/mol. The zero-order valence-electron chi connectivity index (χ0n) is 11.8. The molecular formula is C15H23NO2S. The van der Waals surface area contributed by atoms with Crippen LogP contribution in [-0.4, -0.2) is 32.5 Å². The van der Waals surface area contributed by atoms with Crippen LogP contribution >= 0.6 is 11.3 Å². The van der Waals surface area contributed by atoms with E-state index < -0.39 is 0 Å². The van der Waals surface area contributed by atoms with Gasteiger partial charge in [-0.2, -0.15) is 11.3 Å². The molecule has 4 heteroatoms. The van der Waals surface area contributed by atoms with Crippen LogP contribution in [0.1, 0.15) is 36.4 Å². The molecule has 1 N–H and O–H groups in total. The number of ether oxygens (including phenoxy) is 2. The summed E-state index contributed by atoms with van der Waals surface area (Å²) in [5.74, 6) is 0.647. The SMILES string of the molecule is CNC(c1cscc1C)C1CCOC2(CCOC2)C1. The predicted molar refractivity (Wildman–Crippen MR) is 77.7 cm³/mol. The molecule has 2 saturated heterocycles. The second kappa shape index (κ2) is 5.52. The molecule has 0 amide bonds. The lowest BCUT2D eigenvalue weighted by Gasteiger charge is -2.40. The highest BCUT2D eigenvalue weighted by atomic mass is 32.1. The van der Waals surface area contributed by atoms with E-state index in [1.165, 1.54) is 11.1 Å². The molecule has 2 aliphatic rings. The minimum absolute atomic E-state index is 0.00193. The molecule has 3 rings (SSSR count). The second-order valence-electron chi connectivity index (χ2n) is 5.86. The highest BCUT2D eigenvalue weighted by Gasteiger charge is 2.43. The minimum Gasteiger partial charge on any atom is -0.378 e. The summed E-state index contributed by atoms with van der Waals surface area (Å²) in [4.78, 5) is 0. The number of thiophene rings is 1. The normalized spacial score (nSPS) is 32.8. The van der Waals surface area contributed by atoms with Crippen LogP contribution in [-0.2, 0) is 9.47 Å². The van der Waals surface area contributed by atoms with Crippen molar-refractivity contribution in [2.75, 3.05) is 26.9 Å². The Labute approximate surface area is 119 Å². The average molecular weight is 281 g/mol. The van der Waals surface area contributed by atoms with Crippen molar-refractivity contribution >= 4 is 11.3 Å². The number of nitrogens with one attached hydrogen (secondary N) is 1. The Morgan fingerprint density at radius 3 is 2.95 bits per heavy atom. The number of hydrogen-bond acceptors (Lipinski definition) is 4. The van der Waals surface area contributed by atoms with Crippen LogP contribution in [0.3, 0.4) is 0 Å². The van der Waals surface area contributed by atoms with Crippen LogP contribution in [0.2, 0.25) is 0 Å². The molecule has 0 aliphatic carbocycles. The van der Waals surface area contributed by atoms with Crippen molar-refractivity contribution in [2.45, 2.75) is 37.8 Å². The molecule has 1 aromatic rings. The Morgan fingerprint density at radius 2 is 2.32 bits per heavy atom. The zero-order chi connectivity index (χ0) is 13.3. The molecule has 1 spiro atoms. The fourth-order valence-corrected chi connectivity index (χ4v) is 4.43. The van der Waals surface area contributed by atoms with E-state index in [-0.39, 0.29) is 5.60 Å². The van der Waals surface area contributed by atoms with E-state index in [9.17, 15) is 0 Å². The van der Waals surface area contributed by atoms with Crippen LogP contribution in [0.25, 0.3) is 0 Å². The van der Waals surface area contributed by atoms with Gasteiger partial charge in [-0.3, -0.25) is 0 Å². The van der Waals surface area contributed by atoms with Crippen molar-refractivity contribution in [3.8, 4) is 0 Å². The Bertz CT molecular complexity index is 426. The minimum atomic E-state index is 0.00193. The Kier molecular flexibility index (Phi) is 3.94. The molecule has 2 aliphatic heterocycles. The van der Waals surface area contributed by atoms with Crippen molar-refractivity contribution in [3.63, 3.8) is 0 Å². The predicted octanol–water partition coefficient (Wildman–Crippen LogP) is 2.90. The lowest BCUT2D eigenvalue weighted by Crippen LogP contribution is -2.43. The molecule has 3 atom stereocenters. The third-order valence-electron chi connectivity index (χ3n) is 4.61. The summed E-state index contributed by atoms with van der Waals surface area (Å²) in [6.07, 6.45) is 3.32. The van der Waals surface area contributed by atoms with Gasteiger partial charge in [-0.1, -0.05) is 0 Å². The smallest absolute Gasteiger partial charge is 0.0940 e. The molecule has 3 heterocycles. The van der Waals surface area contributed by atoms with Crippen LogP contribution in [0, 0.1) is 12.8 Å². The van der Waals surface area contributed by atoms with Gasteiger partial charge in [-0.15, -0.1) is 0 Å². The molecule has 19 heavy (non-hydrogen) atoms. The molecular weight excluding hydrogens is 258 g/mol. The fraction of sp³-hybridized carbons (Fsp3) is 0.733. The van der Waals surface area contributed by atoms with E-state index in [0.29, 0.717) is 12.0 Å². The van der Waals surface area contributed by atoms with Gasteiger partial charge in [0, 0.05) is 25.7 Å². The molecule has 3 nitrogen and oxygen atoms in total. The Morgan fingerprint density at radius 1 is 1.42 bits per heavy atom. The van der Waals surface area contributed by atoms with Gasteiger partial charge in [0.15, 0.2) is 0 Å². The highest BCUT2D eigenvalue weighted by molar-refractivity contribution is 7.08.